The standard InChI is InChI=1S/C19H16N2O2S4/c1-23-17(22)12(10-24-18-20-13-6-2-4-8-15(13)26-18)11-25-19-21-14-7-3-5-9-16(14)27-19/h2-9,12H,10-11H2,1H3. The van der Waals surface area contributed by atoms with E-state index in [1.807, 2.05) is 36.4 Å². The molecule has 0 saturated heterocycles. The Hall–Kier alpha value is -1.61. The van der Waals surface area contributed by atoms with Gasteiger partial charge in [0.15, 0.2) is 8.68 Å². The van der Waals surface area contributed by atoms with Crippen LogP contribution in [0.2, 0.25) is 0 Å². The fourth-order valence-corrected chi connectivity index (χ4v) is 7.00. The van der Waals surface area contributed by atoms with Gasteiger partial charge in [-0.3, -0.25) is 4.79 Å². The highest BCUT2D eigenvalue weighted by Gasteiger charge is 2.21. The Kier molecular flexibility index (Phi) is 5.97. The number of esters is 1. The van der Waals surface area contributed by atoms with Crippen molar-refractivity contribution in [1.29, 1.82) is 0 Å². The van der Waals surface area contributed by atoms with Gasteiger partial charge >= 0.3 is 5.97 Å². The minimum Gasteiger partial charge on any atom is -0.469 e. The molecule has 0 aliphatic carbocycles. The number of thiazole rings is 2. The normalized spacial score (nSPS) is 11.5. The minimum atomic E-state index is -0.205. The van der Waals surface area contributed by atoms with E-state index in [-0.39, 0.29) is 11.9 Å². The van der Waals surface area contributed by atoms with Crippen molar-refractivity contribution in [3.05, 3.63) is 48.5 Å². The molecular formula is C19H16N2O2S4. The maximum atomic E-state index is 12.2. The summed E-state index contributed by atoms with van der Waals surface area (Å²) in [5.41, 5.74) is 2.01. The van der Waals surface area contributed by atoms with Crippen LogP contribution in [0.5, 0.6) is 0 Å². The highest BCUT2D eigenvalue weighted by atomic mass is 32.2. The molecule has 0 aliphatic heterocycles. The van der Waals surface area contributed by atoms with Crippen molar-refractivity contribution in [3.63, 3.8) is 0 Å². The second-order valence-electron chi connectivity index (χ2n) is 5.74. The number of hydrogen-bond donors (Lipinski definition) is 0. The van der Waals surface area contributed by atoms with E-state index in [4.69, 9.17) is 4.74 Å². The average molecular weight is 433 g/mol. The number of benzene rings is 2. The Bertz CT molecular complexity index is 932. The van der Waals surface area contributed by atoms with Gasteiger partial charge in [-0.2, -0.15) is 0 Å². The molecule has 8 heteroatoms. The van der Waals surface area contributed by atoms with Crippen molar-refractivity contribution in [2.24, 2.45) is 5.92 Å². The Labute approximate surface area is 173 Å². The summed E-state index contributed by atoms with van der Waals surface area (Å²) in [7, 11) is 1.44. The minimum absolute atomic E-state index is 0.183. The van der Waals surface area contributed by atoms with Gasteiger partial charge in [0.2, 0.25) is 0 Å². The smallest absolute Gasteiger partial charge is 0.310 e. The molecule has 2 aromatic heterocycles. The number of para-hydroxylation sites is 2. The molecule has 0 unspecified atom stereocenters. The molecule has 27 heavy (non-hydrogen) atoms. The summed E-state index contributed by atoms with van der Waals surface area (Å²) in [6, 6.07) is 16.2. The summed E-state index contributed by atoms with van der Waals surface area (Å²) in [5.74, 6) is 0.899. The van der Waals surface area contributed by atoms with Crippen molar-refractivity contribution >= 4 is 72.6 Å². The molecule has 138 valence electrons. The van der Waals surface area contributed by atoms with Gasteiger partial charge in [0.25, 0.3) is 0 Å². The van der Waals surface area contributed by atoms with Gasteiger partial charge in [0, 0.05) is 11.5 Å². The first-order valence-electron chi connectivity index (χ1n) is 8.27. The van der Waals surface area contributed by atoms with Gasteiger partial charge in [-0.25, -0.2) is 9.97 Å². The molecule has 0 atom stereocenters. The molecule has 4 rings (SSSR count). The van der Waals surface area contributed by atoms with E-state index in [1.54, 1.807) is 46.2 Å². The number of nitrogens with zero attached hydrogens (tertiary/aromatic N) is 2. The third-order valence-corrected chi connectivity index (χ3v) is 8.58. The van der Waals surface area contributed by atoms with Crippen LogP contribution in [0.25, 0.3) is 20.4 Å². The van der Waals surface area contributed by atoms with Crippen LogP contribution >= 0.6 is 46.2 Å². The van der Waals surface area contributed by atoms with E-state index in [2.05, 4.69) is 22.1 Å². The first-order chi connectivity index (χ1) is 13.2. The topological polar surface area (TPSA) is 52.1 Å². The third-order valence-electron chi connectivity index (χ3n) is 3.90. The molecule has 4 aromatic rings. The molecule has 4 nitrogen and oxygen atoms in total. The lowest BCUT2D eigenvalue weighted by molar-refractivity contribution is -0.143. The first-order valence-corrected chi connectivity index (χ1v) is 11.9. The quantitative estimate of drug-likeness (QED) is 0.281. The summed E-state index contributed by atoms with van der Waals surface area (Å²) in [5, 5.41) is 0. The number of aromatic nitrogens is 2. The van der Waals surface area contributed by atoms with E-state index in [9.17, 15) is 4.79 Å². The zero-order chi connectivity index (χ0) is 18.6. The Balaban J connectivity index is 1.42. The fraction of sp³-hybridized carbons (Fsp3) is 0.211. The molecule has 0 amide bonds. The Morgan fingerprint density at radius 1 is 0.926 bits per heavy atom. The first kappa shape index (κ1) is 18.7. The van der Waals surface area contributed by atoms with E-state index >= 15 is 0 Å². The third kappa shape index (κ3) is 4.45. The molecule has 0 aliphatic rings. The van der Waals surface area contributed by atoms with E-state index in [1.165, 1.54) is 16.5 Å². The SMILES string of the molecule is COC(=O)C(CSc1nc2ccccc2s1)CSc1nc2ccccc2s1. The maximum Gasteiger partial charge on any atom is 0.310 e. The van der Waals surface area contributed by atoms with Crippen LogP contribution in [-0.4, -0.2) is 34.6 Å². The van der Waals surface area contributed by atoms with Crippen molar-refractivity contribution in [1.82, 2.24) is 9.97 Å². The summed E-state index contributed by atoms with van der Waals surface area (Å²) < 4.78 is 9.30. The predicted molar refractivity (Wildman–Crippen MR) is 116 cm³/mol. The highest BCUT2D eigenvalue weighted by Crippen LogP contribution is 2.34. The molecule has 0 saturated carbocycles. The lowest BCUT2D eigenvalue weighted by Crippen LogP contribution is -2.21. The van der Waals surface area contributed by atoms with Crippen molar-refractivity contribution in [3.8, 4) is 0 Å². The number of ether oxygens (including phenoxy) is 1. The number of hydrogen-bond acceptors (Lipinski definition) is 8. The van der Waals surface area contributed by atoms with Crippen molar-refractivity contribution in [2.75, 3.05) is 18.6 Å². The fourth-order valence-electron chi connectivity index (χ4n) is 2.52. The van der Waals surface area contributed by atoms with Gasteiger partial charge < -0.3 is 4.74 Å². The van der Waals surface area contributed by atoms with Crippen LogP contribution in [-0.2, 0) is 9.53 Å². The Morgan fingerprint density at radius 2 is 1.41 bits per heavy atom. The Morgan fingerprint density at radius 3 is 1.85 bits per heavy atom. The lowest BCUT2D eigenvalue weighted by atomic mass is 10.2. The van der Waals surface area contributed by atoms with Crippen LogP contribution in [0.3, 0.4) is 0 Å². The summed E-state index contributed by atoms with van der Waals surface area (Å²) in [4.78, 5) is 21.5. The number of fused-ring (bicyclic) bond motifs is 2. The molecule has 0 fully saturated rings. The summed E-state index contributed by atoms with van der Waals surface area (Å²) in [6.45, 7) is 0. The van der Waals surface area contributed by atoms with Crippen molar-refractivity contribution in [2.45, 2.75) is 8.68 Å². The van der Waals surface area contributed by atoms with Crippen LogP contribution in [0.4, 0.5) is 0 Å². The zero-order valence-corrected chi connectivity index (χ0v) is 17.7. The molecule has 0 spiro atoms. The number of thioether (sulfide) groups is 2. The van der Waals surface area contributed by atoms with E-state index in [0.29, 0.717) is 11.5 Å². The molecule has 0 radical (unpaired) electrons. The highest BCUT2D eigenvalue weighted by molar-refractivity contribution is 8.02. The second kappa shape index (κ2) is 8.60. The average Bonchev–Trinajstić information content (AvgIpc) is 3.30. The number of rotatable bonds is 7. The van der Waals surface area contributed by atoms with Gasteiger partial charge in [0.1, 0.15) is 0 Å². The van der Waals surface area contributed by atoms with Crippen molar-refractivity contribution < 1.29 is 9.53 Å². The van der Waals surface area contributed by atoms with E-state index in [0.717, 1.165) is 19.7 Å². The van der Waals surface area contributed by atoms with Gasteiger partial charge in [-0.05, 0) is 24.3 Å². The van der Waals surface area contributed by atoms with Gasteiger partial charge in [-0.1, -0.05) is 47.8 Å². The largest absolute Gasteiger partial charge is 0.469 e. The molecule has 2 aromatic carbocycles. The molecule has 0 N–H and O–H groups in total. The van der Waals surface area contributed by atoms with Crippen LogP contribution in [0.15, 0.2) is 57.2 Å². The monoisotopic (exact) mass is 432 g/mol. The lowest BCUT2D eigenvalue weighted by Gasteiger charge is -2.12. The number of carbonyl (C=O) groups is 1. The van der Waals surface area contributed by atoms with Crippen LogP contribution < -0.4 is 0 Å². The number of methoxy groups -OCH3 is 1. The van der Waals surface area contributed by atoms with Crippen LogP contribution in [0, 0.1) is 5.92 Å². The van der Waals surface area contributed by atoms with Crippen LogP contribution in [0.1, 0.15) is 0 Å². The number of carbonyl (C=O) groups excluding carboxylic acids is 1. The molecule has 0 bridgehead atoms. The van der Waals surface area contributed by atoms with E-state index < -0.39 is 0 Å². The predicted octanol–water partition coefficient (Wildman–Crippen LogP) is 5.58. The summed E-state index contributed by atoms with van der Waals surface area (Å²) >= 11 is 6.55. The summed E-state index contributed by atoms with van der Waals surface area (Å²) in [6.07, 6.45) is 0. The zero-order valence-electron chi connectivity index (χ0n) is 14.5. The molecular weight excluding hydrogens is 416 g/mol. The van der Waals surface area contributed by atoms with Gasteiger partial charge in [0.05, 0.1) is 33.5 Å². The second-order valence-corrected chi connectivity index (χ2v) is 10.3. The maximum absolute atomic E-state index is 12.2. The molecule has 2 heterocycles. The van der Waals surface area contributed by atoms with Gasteiger partial charge in [-0.15, -0.1) is 22.7 Å².